The van der Waals surface area contributed by atoms with Crippen molar-refractivity contribution in [3.8, 4) is 11.4 Å². The normalized spacial score (nSPS) is 14.3. The van der Waals surface area contributed by atoms with Gasteiger partial charge in [0.15, 0.2) is 5.82 Å². The van der Waals surface area contributed by atoms with Crippen LogP contribution in [0.3, 0.4) is 0 Å². The van der Waals surface area contributed by atoms with Gasteiger partial charge < -0.3 is 9.88 Å². The number of nitro groups is 1. The minimum absolute atomic E-state index is 0.00308. The minimum atomic E-state index is -0.467. The molecule has 0 aliphatic carbocycles. The Balaban J connectivity index is 1.48. The highest BCUT2D eigenvalue weighted by atomic mass is 32.2. The number of benzene rings is 2. The van der Waals surface area contributed by atoms with Gasteiger partial charge >= 0.3 is 0 Å². The highest BCUT2D eigenvalue weighted by Gasteiger charge is 2.20. The summed E-state index contributed by atoms with van der Waals surface area (Å²) in [4.78, 5) is 23.7. The van der Waals surface area contributed by atoms with Crippen LogP contribution in [0.2, 0.25) is 0 Å². The molecule has 2 heterocycles. The Labute approximate surface area is 188 Å². The second-order valence-electron chi connectivity index (χ2n) is 7.60. The van der Waals surface area contributed by atoms with Crippen molar-refractivity contribution in [2.45, 2.75) is 49.3 Å². The Morgan fingerprint density at radius 3 is 2.72 bits per heavy atom. The summed E-state index contributed by atoms with van der Waals surface area (Å²) in [5.74, 6) is 0.657. The van der Waals surface area contributed by atoms with Crippen molar-refractivity contribution in [3.05, 3.63) is 64.2 Å². The van der Waals surface area contributed by atoms with Gasteiger partial charge in [0.25, 0.3) is 5.69 Å². The summed E-state index contributed by atoms with van der Waals surface area (Å²) in [6.45, 7) is 2.49. The fourth-order valence-corrected chi connectivity index (χ4v) is 4.47. The maximum absolute atomic E-state index is 14.6. The predicted molar refractivity (Wildman–Crippen MR) is 120 cm³/mol. The number of aryl methyl sites for hydroxylation is 1. The SMILES string of the molecule is CC(Sc1ccc([N+](=O)[O-])cc1)C(=O)Nc1ccc(F)c(-c2nnc3n2CCCCC3)c1. The van der Waals surface area contributed by atoms with Gasteiger partial charge in [0.1, 0.15) is 11.6 Å². The fraction of sp³-hybridized carbons (Fsp3) is 0.318. The van der Waals surface area contributed by atoms with Crippen molar-refractivity contribution < 1.29 is 14.1 Å². The summed E-state index contributed by atoms with van der Waals surface area (Å²) in [5, 5.41) is 21.6. The van der Waals surface area contributed by atoms with Crippen molar-refractivity contribution in [1.29, 1.82) is 0 Å². The molecule has 0 saturated carbocycles. The number of carbonyl (C=O) groups is 1. The molecule has 1 N–H and O–H groups in total. The van der Waals surface area contributed by atoms with Crippen LogP contribution in [0.25, 0.3) is 11.4 Å². The standard InChI is InChI=1S/C22H22FN5O3S/c1-14(32-17-9-7-16(8-10-17)28(30)31)22(29)24-15-6-11-19(23)18(13-15)21-26-25-20-5-3-2-4-12-27(20)21/h6-11,13-14H,2-5,12H2,1H3,(H,24,29). The minimum Gasteiger partial charge on any atom is -0.325 e. The first-order valence-electron chi connectivity index (χ1n) is 10.4. The van der Waals surface area contributed by atoms with Crippen molar-refractivity contribution in [1.82, 2.24) is 14.8 Å². The molecule has 10 heteroatoms. The largest absolute Gasteiger partial charge is 0.325 e. The molecular weight excluding hydrogens is 433 g/mol. The molecule has 3 aromatic rings. The summed E-state index contributed by atoms with van der Waals surface area (Å²) < 4.78 is 16.6. The lowest BCUT2D eigenvalue weighted by molar-refractivity contribution is -0.384. The quantitative estimate of drug-likeness (QED) is 0.324. The molecule has 1 aliphatic heterocycles. The van der Waals surface area contributed by atoms with Gasteiger partial charge in [-0.25, -0.2) is 4.39 Å². The molecule has 4 rings (SSSR count). The maximum atomic E-state index is 14.6. The zero-order valence-electron chi connectivity index (χ0n) is 17.5. The van der Waals surface area contributed by atoms with Crippen molar-refractivity contribution >= 4 is 29.0 Å². The van der Waals surface area contributed by atoms with Crippen LogP contribution >= 0.6 is 11.8 Å². The predicted octanol–water partition coefficient (Wildman–Crippen LogP) is 4.84. The Hall–Kier alpha value is -3.27. The first kappa shape index (κ1) is 21.9. The highest BCUT2D eigenvalue weighted by Crippen LogP contribution is 2.29. The number of amides is 1. The molecule has 1 unspecified atom stereocenters. The number of nitrogens with zero attached hydrogens (tertiary/aromatic N) is 4. The van der Waals surface area contributed by atoms with E-state index < -0.39 is 16.0 Å². The van der Waals surface area contributed by atoms with Crippen LogP contribution in [-0.4, -0.2) is 30.8 Å². The number of fused-ring (bicyclic) bond motifs is 1. The number of aromatic nitrogens is 3. The molecule has 0 radical (unpaired) electrons. The number of nitro benzene ring substituents is 1. The molecule has 1 amide bonds. The zero-order valence-corrected chi connectivity index (χ0v) is 18.3. The van der Waals surface area contributed by atoms with E-state index in [1.807, 2.05) is 4.57 Å². The van der Waals surface area contributed by atoms with Crippen LogP contribution < -0.4 is 5.32 Å². The van der Waals surface area contributed by atoms with E-state index in [1.54, 1.807) is 25.1 Å². The third-order valence-corrected chi connectivity index (χ3v) is 6.43. The van der Waals surface area contributed by atoms with Gasteiger partial charge in [-0.2, -0.15) is 0 Å². The van der Waals surface area contributed by atoms with Crippen LogP contribution in [0.15, 0.2) is 47.4 Å². The Morgan fingerprint density at radius 1 is 1.19 bits per heavy atom. The summed E-state index contributed by atoms with van der Waals surface area (Å²) in [5.41, 5.74) is 0.768. The second-order valence-corrected chi connectivity index (χ2v) is 9.01. The van der Waals surface area contributed by atoms with Gasteiger partial charge in [-0.3, -0.25) is 14.9 Å². The Kier molecular flexibility index (Phi) is 6.50. The van der Waals surface area contributed by atoms with Crippen molar-refractivity contribution in [3.63, 3.8) is 0 Å². The molecule has 2 aromatic carbocycles. The van der Waals surface area contributed by atoms with E-state index in [0.29, 0.717) is 17.1 Å². The first-order valence-corrected chi connectivity index (χ1v) is 11.2. The van der Waals surface area contributed by atoms with Crippen LogP contribution in [0, 0.1) is 15.9 Å². The van der Waals surface area contributed by atoms with Gasteiger partial charge in [0, 0.05) is 35.7 Å². The van der Waals surface area contributed by atoms with E-state index in [2.05, 4.69) is 15.5 Å². The van der Waals surface area contributed by atoms with Crippen molar-refractivity contribution in [2.24, 2.45) is 0 Å². The number of thioether (sulfide) groups is 1. The van der Waals surface area contributed by atoms with E-state index in [4.69, 9.17) is 0 Å². The first-order chi connectivity index (χ1) is 15.4. The average molecular weight is 456 g/mol. The van der Waals surface area contributed by atoms with E-state index in [0.717, 1.165) is 42.9 Å². The Bertz CT molecular complexity index is 1150. The average Bonchev–Trinajstić information content (AvgIpc) is 3.02. The number of hydrogen-bond acceptors (Lipinski definition) is 6. The molecule has 32 heavy (non-hydrogen) atoms. The lowest BCUT2D eigenvalue weighted by Crippen LogP contribution is -2.22. The summed E-state index contributed by atoms with van der Waals surface area (Å²) in [7, 11) is 0. The molecule has 0 bridgehead atoms. The number of non-ortho nitro benzene ring substituents is 1. The van der Waals surface area contributed by atoms with Crippen LogP contribution in [0.1, 0.15) is 32.0 Å². The van der Waals surface area contributed by atoms with Gasteiger partial charge in [-0.05, 0) is 50.1 Å². The van der Waals surface area contributed by atoms with E-state index in [9.17, 15) is 19.3 Å². The van der Waals surface area contributed by atoms with Crippen molar-refractivity contribution in [2.75, 3.05) is 5.32 Å². The van der Waals surface area contributed by atoms with Gasteiger partial charge in [-0.1, -0.05) is 6.42 Å². The topological polar surface area (TPSA) is 103 Å². The molecule has 8 nitrogen and oxygen atoms in total. The molecular formula is C22H22FN5O3S. The second kappa shape index (κ2) is 9.47. The number of rotatable bonds is 6. The third kappa shape index (κ3) is 4.80. The monoisotopic (exact) mass is 455 g/mol. The van der Waals surface area contributed by atoms with Crippen LogP contribution in [0.5, 0.6) is 0 Å². The number of nitrogens with one attached hydrogen (secondary N) is 1. The van der Waals surface area contributed by atoms with E-state index >= 15 is 0 Å². The number of hydrogen-bond donors (Lipinski definition) is 1. The molecule has 0 spiro atoms. The molecule has 166 valence electrons. The van der Waals surface area contributed by atoms with Gasteiger partial charge in [0.2, 0.25) is 5.91 Å². The molecule has 1 atom stereocenters. The summed E-state index contributed by atoms with van der Waals surface area (Å²) in [6, 6.07) is 10.4. The molecule has 1 aliphatic rings. The van der Waals surface area contributed by atoms with E-state index in [1.165, 1.54) is 36.0 Å². The van der Waals surface area contributed by atoms with Crippen LogP contribution in [0.4, 0.5) is 15.8 Å². The van der Waals surface area contributed by atoms with Gasteiger partial charge in [0.05, 0.1) is 15.7 Å². The fourth-order valence-electron chi connectivity index (χ4n) is 3.61. The summed E-state index contributed by atoms with van der Waals surface area (Å²) >= 11 is 1.28. The lowest BCUT2D eigenvalue weighted by atomic mass is 10.1. The lowest BCUT2D eigenvalue weighted by Gasteiger charge is -2.13. The highest BCUT2D eigenvalue weighted by molar-refractivity contribution is 8.00. The molecule has 0 saturated heterocycles. The van der Waals surface area contributed by atoms with Gasteiger partial charge in [-0.15, -0.1) is 22.0 Å². The molecule has 0 fully saturated rings. The third-order valence-electron chi connectivity index (χ3n) is 5.31. The number of anilines is 1. The Morgan fingerprint density at radius 2 is 1.97 bits per heavy atom. The zero-order chi connectivity index (χ0) is 22.7. The number of halogens is 1. The van der Waals surface area contributed by atoms with E-state index in [-0.39, 0.29) is 11.6 Å². The maximum Gasteiger partial charge on any atom is 0.269 e. The van der Waals surface area contributed by atoms with Crippen LogP contribution in [-0.2, 0) is 17.8 Å². The summed E-state index contributed by atoms with van der Waals surface area (Å²) in [6.07, 6.45) is 3.96. The smallest absolute Gasteiger partial charge is 0.269 e. The number of carbonyl (C=O) groups excluding carboxylic acids is 1. The molecule has 1 aromatic heterocycles.